The third-order valence-corrected chi connectivity index (χ3v) is 9.61. The van der Waals surface area contributed by atoms with Gasteiger partial charge in [0.15, 0.2) is 0 Å². The summed E-state index contributed by atoms with van der Waals surface area (Å²) in [7, 11) is 0. The Labute approximate surface area is 216 Å². The molecule has 0 spiro atoms. The van der Waals surface area contributed by atoms with Gasteiger partial charge in [-0.05, 0) is 62.5 Å². The Balaban J connectivity index is 1.49. The molecule has 188 valence electrons. The van der Waals surface area contributed by atoms with Crippen molar-refractivity contribution in [2.45, 2.75) is 70.8 Å². The number of hydrogen-bond donors (Lipinski definition) is 3. The fourth-order valence-corrected chi connectivity index (χ4v) is 7.08. The van der Waals surface area contributed by atoms with Crippen LogP contribution in [0.25, 0.3) is 20.8 Å². The highest BCUT2D eigenvalue weighted by atomic mass is 35.5. The van der Waals surface area contributed by atoms with Crippen molar-refractivity contribution in [1.29, 1.82) is 0 Å². The van der Waals surface area contributed by atoms with Crippen LogP contribution in [-0.4, -0.2) is 38.7 Å². The van der Waals surface area contributed by atoms with Crippen LogP contribution >= 0.6 is 22.9 Å². The van der Waals surface area contributed by atoms with Gasteiger partial charge in [0.2, 0.25) is 5.95 Å². The van der Waals surface area contributed by atoms with E-state index in [1.807, 2.05) is 18.2 Å². The number of aliphatic hydroxyl groups excluding tert-OH is 1. The molecule has 1 aromatic carbocycles. The quantitative estimate of drug-likeness (QED) is 0.233. The molecule has 3 aromatic rings. The minimum atomic E-state index is -0.199. The van der Waals surface area contributed by atoms with Gasteiger partial charge < -0.3 is 15.7 Å². The van der Waals surface area contributed by atoms with Crippen LogP contribution in [0.2, 0.25) is 5.15 Å². The molecule has 0 unspecified atom stereocenters. The van der Waals surface area contributed by atoms with Gasteiger partial charge >= 0.3 is 0 Å². The van der Waals surface area contributed by atoms with E-state index in [0.717, 1.165) is 46.0 Å². The highest BCUT2D eigenvalue weighted by molar-refractivity contribution is 7.21. The minimum Gasteiger partial charge on any atom is -0.396 e. The smallest absolute Gasteiger partial charge is 0.226 e. The Morgan fingerprint density at radius 3 is 2.57 bits per heavy atom. The molecular formula is C27H36ClN5OS. The Hall–Kier alpha value is -1.96. The molecule has 2 saturated carbocycles. The molecule has 8 heteroatoms. The second kappa shape index (κ2) is 10.6. The average molecular weight is 514 g/mol. The zero-order valence-corrected chi connectivity index (χ0v) is 22.3. The molecule has 2 fully saturated rings. The predicted molar refractivity (Wildman–Crippen MR) is 146 cm³/mol. The van der Waals surface area contributed by atoms with E-state index in [9.17, 15) is 5.11 Å². The van der Waals surface area contributed by atoms with Crippen LogP contribution in [-0.2, 0) is 0 Å². The van der Waals surface area contributed by atoms with Gasteiger partial charge in [0.05, 0.1) is 15.8 Å². The third-order valence-electron chi connectivity index (χ3n) is 8.28. The fourth-order valence-electron chi connectivity index (χ4n) is 5.75. The van der Waals surface area contributed by atoms with E-state index in [4.69, 9.17) is 21.6 Å². The van der Waals surface area contributed by atoms with E-state index in [2.05, 4.69) is 35.5 Å². The van der Waals surface area contributed by atoms with Crippen molar-refractivity contribution >= 4 is 44.9 Å². The first-order valence-electron chi connectivity index (χ1n) is 13.0. The Bertz CT molecular complexity index is 1130. The molecule has 0 aliphatic heterocycles. The lowest BCUT2D eigenvalue weighted by Crippen LogP contribution is -2.40. The molecule has 0 saturated heterocycles. The normalized spacial score (nSPS) is 25.6. The summed E-state index contributed by atoms with van der Waals surface area (Å²) in [6, 6.07) is 8.12. The van der Waals surface area contributed by atoms with Gasteiger partial charge in [0.1, 0.15) is 16.0 Å². The van der Waals surface area contributed by atoms with E-state index in [-0.39, 0.29) is 18.1 Å². The van der Waals surface area contributed by atoms with E-state index in [1.165, 1.54) is 38.5 Å². The summed E-state index contributed by atoms with van der Waals surface area (Å²) in [4.78, 5) is 14.5. The summed E-state index contributed by atoms with van der Waals surface area (Å²) in [5, 5.41) is 18.3. The molecule has 2 aliphatic carbocycles. The van der Waals surface area contributed by atoms with Crippen molar-refractivity contribution in [1.82, 2.24) is 15.0 Å². The maximum Gasteiger partial charge on any atom is 0.226 e. The molecule has 3 atom stereocenters. The highest BCUT2D eigenvalue weighted by Crippen LogP contribution is 2.45. The summed E-state index contributed by atoms with van der Waals surface area (Å²) in [6.07, 6.45) is 9.76. The number of benzene rings is 1. The van der Waals surface area contributed by atoms with Crippen LogP contribution in [0.4, 0.5) is 11.8 Å². The van der Waals surface area contributed by atoms with Crippen molar-refractivity contribution in [2.75, 3.05) is 23.8 Å². The Morgan fingerprint density at radius 2 is 1.86 bits per heavy atom. The van der Waals surface area contributed by atoms with Gasteiger partial charge in [-0.25, -0.2) is 9.97 Å². The number of hydrogen-bond acceptors (Lipinski definition) is 7. The van der Waals surface area contributed by atoms with Crippen molar-refractivity contribution < 1.29 is 5.11 Å². The zero-order valence-electron chi connectivity index (χ0n) is 20.7. The lowest BCUT2D eigenvalue weighted by molar-refractivity contribution is 0.187. The van der Waals surface area contributed by atoms with Crippen LogP contribution in [0.15, 0.2) is 24.3 Å². The van der Waals surface area contributed by atoms with E-state index < -0.39 is 0 Å². The van der Waals surface area contributed by atoms with Crippen molar-refractivity contribution in [3.05, 3.63) is 29.4 Å². The topological polar surface area (TPSA) is 83.0 Å². The standard InChI is InChI=1S/C27H36ClN5OS/c1-17-19(16-34)13-14-27(17,2)33-24-22(25-30-20-11-7-8-12-21(20)35-25)23(28)31-26(32-24)29-15-18-9-5-3-4-6-10-18/h7-8,11-12,17-19,34H,3-6,9-10,13-16H2,1-2H3,(H2,29,31,32,33)/t17-,19-,27+/m1/s1. The Morgan fingerprint density at radius 1 is 1.09 bits per heavy atom. The number of aromatic nitrogens is 3. The number of rotatable bonds is 7. The maximum atomic E-state index is 9.86. The predicted octanol–water partition coefficient (Wildman–Crippen LogP) is 7.00. The second-order valence-corrected chi connectivity index (χ2v) is 12.0. The molecule has 0 radical (unpaired) electrons. The molecule has 35 heavy (non-hydrogen) atoms. The van der Waals surface area contributed by atoms with Crippen LogP contribution in [0.5, 0.6) is 0 Å². The number of thiazole rings is 1. The van der Waals surface area contributed by atoms with Gasteiger partial charge in [0.25, 0.3) is 0 Å². The molecule has 2 aromatic heterocycles. The fraction of sp³-hybridized carbons (Fsp3) is 0.593. The van der Waals surface area contributed by atoms with Crippen molar-refractivity contribution in [3.63, 3.8) is 0 Å². The molecule has 6 nitrogen and oxygen atoms in total. The monoisotopic (exact) mass is 513 g/mol. The van der Waals surface area contributed by atoms with Crippen molar-refractivity contribution in [2.24, 2.45) is 17.8 Å². The van der Waals surface area contributed by atoms with Crippen molar-refractivity contribution in [3.8, 4) is 10.6 Å². The summed E-state index contributed by atoms with van der Waals surface area (Å²) < 4.78 is 1.11. The average Bonchev–Trinajstić information content (AvgIpc) is 3.26. The molecule has 0 amide bonds. The first-order chi connectivity index (χ1) is 17.0. The summed E-state index contributed by atoms with van der Waals surface area (Å²) in [5.41, 5.74) is 1.51. The number of anilines is 2. The number of nitrogens with one attached hydrogen (secondary N) is 2. The number of fused-ring (bicyclic) bond motifs is 1. The van der Waals surface area contributed by atoms with Crippen LogP contribution in [0, 0.1) is 17.8 Å². The van der Waals surface area contributed by atoms with Gasteiger partial charge in [-0.1, -0.05) is 56.3 Å². The van der Waals surface area contributed by atoms with E-state index in [0.29, 0.717) is 22.9 Å². The second-order valence-electron chi connectivity index (χ2n) is 10.6. The van der Waals surface area contributed by atoms with Crippen LogP contribution in [0.3, 0.4) is 0 Å². The highest BCUT2D eigenvalue weighted by Gasteiger charge is 2.43. The number of halogens is 1. The summed E-state index contributed by atoms with van der Waals surface area (Å²) in [6.45, 7) is 5.52. The number of aliphatic hydroxyl groups is 1. The molecular weight excluding hydrogens is 478 g/mol. The third kappa shape index (κ3) is 5.27. The van der Waals surface area contributed by atoms with Gasteiger partial charge in [-0.3, -0.25) is 0 Å². The van der Waals surface area contributed by atoms with Gasteiger partial charge in [0, 0.05) is 18.7 Å². The lowest BCUT2D eigenvalue weighted by Gasteiger charge is -2.33. The first-order valence-corrected chi connectivity index (χ1v) is 14.2. The van der Waals surface area contributed by atoms with Gasteiger partial charge in [-0.15, -0.1) is 11.3 Å². The summed E-state index contributed by atoms with van der Waals surface area (Å²) in [5.74, 6) is 2.52. The molecule has 2 aliphatic rings. The SMILES string of the molecule is C[C@@H]1[C@@H](CO)CC[C@]1(C)Nc1nc(NCC2CCCCCC2)nc(Cl)c1-c1nc2ccccc2s1. The Kier molecular flexibility index (Phi) is 7.47. The number of nitrogens with zero attached hydrogens (tertiary/aromatic N) is 3. The maximum absolute atomic E-state index is 9.86. The molecule has 0 bridgehead atoms. The van der Waals surface area contributed by atoms with E-state index >= 15 is 0 Å². The summed E-state index contributed by atoms with van der Waals surface area (Å²) >= 11 is 8.47. The molecule has 3 N–H and O–H groups in total. The van der Waals surface area contributed by atoms with E-state index in [1.54, 1.807) is 11.3 Å². The van der Waals surface area contributed by atoms with Crippen LogP contribution in [0.1, 0.15) is 65.2 Å². The molecule has 2 heterocycles. The molecule has 5 rings (SSSR count). The van der Waals surface area contributed by atoms with Crippen LogP contribution < -0.4 is 10.6 Å². The number of para-hydroxylation sites is 1. The van der Waals surface area contributed by atoms with Gasteiger partial charge in [-0.2, -0.15) is 4.98 Å². The lowest BCUT2D eigenvalue weighted by atomic mass is 9.86. The minimum absolute atomic E-state index is 0.199. The largest absolute Gasteiger partial charge is 0.396 e. The first kappa shape index (κ1) is 24.7. The zero-order chi connectivity index (χ0) is 24.4.